The van der Waals surface area contributed by atoms with Crippen LogP contribution in [0.3, 0.4) is 0 Å². The van der Waals surface area contributed by atoms with Crippen molar-refractivity contribution in [3.63, 3.8) is 0 Å². The van der Waals surface area contributed by atoms with Gasteiger partial charge in [0.25, 0.3) is 0 Å². The molecule has 1 aliphatic rings. The van der Waals surface area contributed by atoms with E-state index in [2.05, 4.69) is 44.9 Å². The van der Waals surface area contributed by atoms with Crippen molar-refractivity contribution >= 4 is 11.6 Å². The summed E-state index contributed by atoms with van der Waals surface area (Å²) < 4.78 is 20.3. The largest absolute Gasteiger partial charge is 0.349 e. The van der Waals surface area contributed by atoms with Gasteiger partial charge >= 0.3 is 0 Å². The first-order chi connectivity index (χ1) is 13.7. The molecular weight excluding hydrogens is 385 g/mol. The van der Waals surface area contributed by atoms with Crippen molar-refractivity contribution in [1.29, 1.82) is 0 Å². The van der Waals surface area contributed by atoms with E-state index in [9.17, 15) is 4.39 Å². The van der Waals surface area contributed by atoms with Crippen LogP contribution >= 0.6 is 11.6 Å². The van der Waals surface area contributed by atoms with Crippen molar-refractivity contribution in [2.45, 2.75) is 57.9 Å². The maximum absolute atomic E-state index is 14.0. The quantitative estimate of drug-likeness (QED) is 0.521. The first kappa shape index (κ1) is 21.6. The number of allylic oxidation sites excluding steroid dienone is 2. The molecule has 3 rings (SSSR count). The van der Waals surface area contributed by atoms with E-state index in [1.807, 2.05) is 42.5 Å². The van der Waals surface area contributed by atoms with E-state index in [0.717, 1.165) is 12.0 Å². The van der Waals surface area contributed by atoms with Crippen LogP contribution in [0.4, 0.5) is 4.39 Å². The predicted molar refractivity (Wildman–Crippen MR) is 119 cm³/mol. The molecular formula is C25H29ClFNO. The normalized spacial score (nSPS) is 18.7. The Hall–Kier alpha value is -2.10. The highest BCUT2D eigenvalue weighted by atomic mass is 35.5. The molecule has 3 atom stereocenters. The molecule has 0 N–H and O–H groups in total. The molecule has 3 unspecified atom stereocenters. The summed E-state index contributed by atoms with van der Waals surface area (Å²) in [4.78, 5) is 2.22. The van der Waals surface area contributed by atoms with Crippen LogP contribution in [0.5, 0.6) is 0 Å². The highest BCUT2D eigenvalue weighted by Crippen LogP contribution is 2.32. The number of rotatable bonds is 6. The van der Waals surface area contributed by atoms with E-state index in [4.69, 9.17) is 16.3 Å². The number of benzene rings is 2. The van der Waals surface area contributed by atoms with Crippen molar-refractivity contribution in [2.24, 2.45) is 0 Å². The fourth-order valence-electron chi connectivity index (χ4n) is 3.71. The Morgan fingerprint density at radius 3 is 2.48 bits per heavy atom. The van der Waals surface area contributed by atoms with Gasteiger partial charge in [-0.05, 0) is 81.7 Å². The second-order valence-electron chi connectivity index (χ2n) is 8.53. The summed E-state index contributed by atoms with van der Waals surface area (Å²) in [5, 5.41) is 0.715. The zero-order chi connectivity index (χ0) is 21.0. The molecule has 0 bridgehead atoms. The molecule has 2 nitrogen and oxygen atoms in total. The van der Waals surface area contributed by atoms with Crippen LogP contribution in [0.2, 0.25) is 5.02 Å². The summed E-state index contributed by atoms with van der Waals surface area (Å²) in [6, 6.07) is 14.9. The summed E-state index contributed by atoms with van der Waals surface area (Å²) in [5.41, 5.74) is 1.87. The Bertz CT molecular complexity index is 869. The number of ether oxygens (including phenoxy) is 1. The molecule has 2 aromatic rings. The van der Waals surface area contributed by atoms with Crippen molar-refractivity contribution in [3.8, 4) is 0 Å². The minimum absolute atomic E-state index is 0.0779. The monoisotopic (exact) mass is 413 g/mol. The van der Waals surface area contributed by atoms with Crippen LogP contribution < -0.4 is 0 Å². The Balaban J connectivity index is 1.92. The molecule has 0 saturated carbocycles. The summed E-state index contributed by atoms with van der Waals surface area (Å²) in [6.45, 7) is 8.34. The molecule has 29 heavy (non-hydrogen) atoms. The van der Waals surface area contributed by atoms with Gasteiger partial charge < -0.3 is 9.64 Å². The van der Waals surface area contributed by atoms with E-state index in [-0.39, 0.29) is 29.6 Å². The minimum atomic E-state index is -0.275. The molecule has 0 fully saturated rings. The average molecular weight is 414 g/mol. The van der Waals surface area contributed by atoms with Crippen molar-refractivity contribution in [3.05, 3.63) is 94.9 Å². The van der Waals surface area contributed by atoms with Crippen LogP contribution in [0.1, 0.15) is 44.7 Å². The molecule has 154 valence electrons. The number of hydrogen-bond donors (Lipinski definition) is 0. The first-order valence-corrected chi connectivity index (χ1v) is 10.4. The maximum atomic E-state index is 14.0. The van der Waals surface area contributed by atoms with Gasteiger partial charge in [-0.3, -0.25) is 0 Å². The van der Waals surface area contributed by atoms with Crippen LogP contribution in [0.15, 0.2) is 73.0 Å². The summed E-state index contributed by atoms with van der Waals surface area (Å²) >= 11 is 6.06. The standard InChI is InChI=1S/C25H29ClFNO/c1-18(28-15-6-5-10-24(28)29-25(2,3)4)23(20-8-7-9-22(27)17-20)16-19-11-13-21(26)14-12-19/h5-15,17-18,23-24H,16H2,1-4H3. The molecule has 4 heteroatoms. The van der Waals surface area contributed by atoms with Gasteiger partial charge in [0, 0.05) is 23.2 Å². The van der Waals surface area contributed by atoms with Crippen LogP contribution in [0.25, 0.3) is 0 Å². The first-order valence-electron chi connectivity index (χ1n) is 10.0. The van der Waals surface area contributed by atoms with Crippen molar-refractivity contribution < 1.29 is 9.13 Å². The number of halogens is 2. The molecule has 0 aliphatic carbocycles. The molecule has 0 spiro atoms. The van der Waals surface area contributed by atoms with Gasteiger partial charge in [-0.25, -0.2) is 4.39 Å². The van der Waals surface area contributed by atoms with E-state index in [0.29, 0.717) is 5.02 Å². The molecule has 2 aromatic carbocycles. The maximum Gasteiger partial charge on any atom is 0.150 e. The van der Waals surface area contributed by atoms with E-state index >= 15 is 0 Å². The van der Waals surface area contributed by atoms with Gasteiger partial charge in [0.2, 0.25) is 0 Å². The van der Waals surface area contributed by atoms with Gasteiger partial charge in [0.05, 0.1) is 5.60 Å². The lowest BCUT2D eigenvalue weighted by molar-refractivity contribution is -0.105. The third-order valence-corrected chi connectivity index (χ3v) is 5.36. The Kier molecular flexibility index (Phi) is 6.81. The Morgan fingerprint density at radius 1 is 1.10 bits per heavy atom. The minimum Gasteiger partial charge on any atom is -0.349 e. The highest BCUT2D eigenvalue weighted by Gasteiger charge is 2.31. The van der Waals surface area contributed by atoms with Gasteiger partial charge in [0.1, 0.15) is 12.0 Å². The van der Waals surface area contributed by atoms with Crippen molar-refractivity contribution in [1.82, 2.24) is 4.90 Å². The van der Waals surface area contributed by atoms with E-state index < -0.39 is 0 Å². The summed E-state index contributed by atoms with van der Waals surface area (Å²) in [7, 11) is 0. The smallest absolute Gasteiger partial charge is 0.150 e. The third-order valence-electron chi connectivity index (χ3n) is 5.11. The molecule has 0 saturated heterocycles. The zero-order valence-corrected chi connectivity index (χ0v) is 18.2. The fraction of sp³-hybridized carbons (Fsp3) is 0.360. The Labute approximate surface area is 178 Å². The third kappa shape index (κ3) is 5.94. The lowest BCUT2D eigenvalue weighted by Gasteiger charge is -2.42. The van der Waals surface area contributed by atoms with Gasteiger partial charge in [0.15, 0.2) is 0 Å². The topological polar surface area (TPSA) is 12.5 Å². The van der Waals surface area contributed by atoms with E-state index in [1.54, 1.807) is 12.1 Å². The zero-order valence-electron chi connectivity index (χ0n) is 17.5. The van der Waals surface area contributed by atoms with Crippen LogP contribution in [-0.2, 0) is 11.2 Å². The number of hydrogen-bond acceptors (Lipinski definition) is 2. The lowest BCUT2D eigenvalue weighted by Crippen LogP contribution is -2.45. The average Bonchev–Trinajstić information content (AvgIpc) is 2.66. The van der Waals surface area contributed by atoms with Crippen LogP contribution in [-0.4, -0.2) is 22.8 Å². The molecule has 1 aliphatic heterocycles. The fourth-order valence-corrected chi connectivity index (χ4v) is 3.83. The highest BCUT2D eigenvalue weighted by molar-refractivity contribution is 6.30. The van der Waals surface area contributed by atoms with Gasteiger partial charge in [-0.15, -0.1) is 0 Å². The SMILES string of the molecule is CC(C(Cc1ccc(Cl)cc1)c1cccc(F)c1)N1C=CC=CC1OC(C)(C)C. The molecule has 0 aromatic heterocycles. The Morgan fingerprint density at radius 2 is 1.83 bits per heavy atom. The van der Waals surface area contributed by atoms with Crippen molar-refractivity contribution in [2.75, 3.05) is 0 Å². The molecule has 0 radical (unpaired) electrons. The number of nitrogens with zero attached hydrogens (tertiary/aromatic N) is 1. The second-order valence-corrected chi connectivity index (χ2v) is 8.96. The van der Waals surface area contributed by atoms with Gasteiger partial charge in [-0.2, -0.15) is 0 Å². The summed E-state index contributed by atoms with van der Waals surface area (Å²) in [6.07, 6.45) is 8.76. The molecule has 1 heterocycles. The van der Waals surface area contributed by atoms with Gasteiger partial charge in [-0.1, -0.05) is 41.9 Å². The predicted octanol–water partition coefficient (Wildman–Crippen LogP) is 6.72. The lowest BCUT2D eigenvalue weighted by atomic mass is 9.85. The summed E-state index contributed by atoms with van der Waals surface area (Å²) in [5.74, 6) is -0.138. The second kappa shape index (κ2) is 9.15. The molecule has 0 amide bonds. The van der Waals surface area contributed by atoms with Crippen LogP contribution in [0, 0.1) is 5.82 Å². The van der Waals surface area contributed by atoms with E-state index in [1.165, 1.54) is 11.6 Å².